The lowest BCUT2D eigenvalue weighted by Crippen LogP contribution is -2.28. The first-order valence-corrected chi connectivity index (χ1v) is 19.3. The van der Waals surface area contributed by atoms with Crippen molar-refractivity contribution in [1.82, 2.24) is 14.5 Å². The lowest BCUT2D eigenvalue weighted by atomic mass is 9.87. The second kappa shape index (κ2) is 13.2. The van der Waals surface area contributed by atoms with E-state index in [0.29, 0.717) is 5.82 Å². The molecule has 0 amide bonds. The monoisotopic (exact) mass is 716 g/mol. The van der Waals surface area contributed by atoms with E-state index in [4.69, 9.17) is 9.97 Å². The topological polar surface area (TPSA) is 34.0 Å². The van der Waals surface area contributed by atoms with Crippen LogP contribution in [0.2, 0.25) is 0 Å². The molecular formula is C52H36N4. The molecule has 7 aromatic carbocycles. The van der Waals surface area contributed by atoms with Crippen LogP contribution >= 0.6 is 0 Å². The Balaban J connectivity index is 1.01. The minimum absolute atomic E-state index is 0.195. The van der Waals surface area contributed by atoms with E-state index in [1.807, 2.05) is 24.3 Å². The highest BCUT2D eigenvalue weighted by Gasteiger charge is 2.36. The molecule has 11 rings (SSSR count). The second-order valence-corrected chi connectivity index (χ2v) is 14.6. The van der Waals surface area contributed by atoms with Gasteiger partial charge in [0, 0.05) is 44.9 Å². The first kappa shape index (κ1) is 32.2. The van der Waals surface area contributed by atoms with Gasteiger partial charge in [0.1, 0.15) is 5.82 Å². The van der Waals surface area contributed by atoms with Crippen LogP contribution in [-0.4, -0.2) is 20.6 Å². The van der Waals surface area contributed by atoms with E-state index in [2.05, 4.69) is 185 Å². The van der Waals surface area contributed by atoms with Gasteiger partial charge in [-0.05, 0) is 70.7 Å². The van der Waals surface area contributed by atoms with Crippen LogP contribution in [-0.2, 0) is 0 Å². The maximum absolute atomic E-state index is 5.23. The Morgan fingerprint density at radius 1 is 0.464 bits per heavy atom. The maximum atomic E-state index is 5.23. The van der Waals surface area contributed by atoms with Gasteiger partial charge in [-0.1, -0.05) is 158 Å². The molecule has 1 aliphatic heterocycles. The van der Waals surface area contributed by atoms with E-state index in [-0.39, 0.29) is 6.04 Å². The summed E-state index contributed by atoms with van der Waals surface area (Å²) in [6, 6.07) is 67.1. The molecule has 0 bridgehead atoms. The summed E-state index contributed by atoms with van der Waals surface area (Å²) in [7, 11) is 0. The number of rotatable bonds is 6. The Morgan fingerprint density at radius 3 is 1.88 bits per heavy atom. The average Bonchev–Trinajstić information content (AvgIpc) is 3.79. The predicted octanol–water partition coefficient (Wildman–Crippen LogP) is 13.0. The first-order chi connectivity index (χ1) is 27.8. The predicted molar refractivity (Wildman–Crippen MR) is 232 cm³/mol. The minimum atomic E-state index is 0.195. The van der Waals surface area contributed by atoms with Crippen molar-refractivity contribution in [3.05, 3.63) is 211 Å². The minimum Gasteiger partial charge on any atom is -0.333 e. The van der Waals surface area contributed by atoms with Crippen LogP contribution in [0.5, 0.6) is 0 Å². The largest absolute Gasteiger partial charge is 0.333 e. The zero-order valence-electron chi connectivity index (χ0n) is 30.6. The lowest BCUT2D eigenvalue weighted by molar-refractivity contribution is 0.841. The van der Waals surface area contributed by atoms with Crippen molar-refractivity contribution in [3.8, 4) is 39.6 Å². The van der Waals surface area contributed by atoms with Gasteiger partial charge in [-0.25, -0.2) is 9.97 Å². The summed E-state index contributed by atoms with van der Waals surface area (Å²) in [6.45, 7) is 0. The van der Waals surface area contributed by atoms with Crippen LogP contribution in [0.25, 0.3) is 72.5 Å². The van der Waals surface area contributed by atoms with Crippen molar-refractivity contribution in [2.24, 2.45) is 0 Å². The highest BCUT2D eigenvalue weighted by atomic mass is 15.2. The highest BCUT2D eigenvalue weighted by Crippen LogP contribution is 2.50. The molecule has 1 aliphatic carbocycles. The number of benzene rings is 7. The fraction of sp³-hybridized carbons (Fsp3) is 0.0385. The maximum Gasteiger partial charge on any atom is 0.162 e. The van der Waals surface area contributed by atoms with E-state index in [0.717, 1.165) is 40.1 Å². The van der Waals surface area contributed by atoms with Crippen molar-refractivity contribution < 1.29 is 0 Å². The summed E-state index contributed by atoms with van der Waals surface area (Å²) in [4.78, 5) is 12.8. The molecule has 4 nitrogen and oxygen atoms in total. The number of hydrogen-bond donors (Lipinski definition) is 0. The molecule has 4 heteroatoms. The molecule has 264 valence electrons. The second-order valence-electron chi connectivity index (χ2n) is 14.6. The Morgan fingerprint density at radius 2 is 1.09 bits per heavy atom. The third-order valence-electron chi connectivity index (χ3n) is 11.4. The average molecular weight is 717 g/mol. The molecule has 2 aromatic heterocycles. The number of allylic oxidation sites excluding steroid dienone is 2. The normalized spacial score (nSPS) is 14.7. The number of hydrogen-bond acceptors (Lipinski definition) is 3. The summed E-state index contributed by atoms with van der Waals surface area (Å²) in [5, 5.41) is 2.41. The summed E-state index contributed by atoms with van der Waals surface area (Å²) >= 11 is 0. The standard InChI is InChI=1S/C52H36N4/c1-4-14-35(15-5-1)36-24-28-41(29-25-36)55-47-22-12-10-20-42(47)44-30-26-40(33-50(44)55)39-27-31-49-45(32-39)43-21-11-13-23-48(43)56(49)51-34-46(37-16-6-2-7-17-37)53-52(54-51)38-18-8-3-9-19-38/h1-32,34,50H,33H2. The van der Waals surface area contributed by atoms with Gasteiger partial charge >= 0.3 is 0 Å². The van der Waals surface area contributed by atoms with Gasteiger partial charge in [0.2, 0.25) is 0 Å². The van der Waals surface area contributed by atoms with E-state index in [1.54, 1.807) is 0 Å². The molecule has 0 fully saturated rings. The molecule has 0 saturated heterocycles. The smallest absolute Gasteiger partial charge is 0.162 e. The van der Waals surface area contributed by atoms with Crippen LogP contribution in [0.4, 0.5) is 11.4 Å². The van der Waals surface area contributed by atoms with Crippen molar-refractivity contribution >= 4 is 44.3 Å². The molecule has 0 N–H and O–H groups in total. The van der Waals surface area contributed by atoms with Crippen LogP contribution in [0, 0.1) is 0 Å². The third kappa shape index (κ3) is 5.38. The quantitative estimate of drug-likeness (QED) is 0.172. The summed E-state index contributed by atoms with van der Waals surface area (Å²) in [6.07, 6.45) is 5.59. The number of aromatic nitrogens is 3. The molecule has 0 saturated carbocycles. The van der Waals surface area contributed by atoms with Gasteiger partial charge in [0.15, 0.2) is 5.82 Å². The van der Waals surface area contributed by atoms with Crippen LogP contribution in [0.15, 0.2) is 200 Å². The van der Waals surface area contributed by atoms with Gasteiger partial charge in [0.25, 0.3) is 0 Å². The highest BCUT2D eigenvalue weighted by molar-refractivity contribution is 6.10. The third-order valence-corrected chi connectivity index (χ3v) is 11.4. The van der Waals surface area contributed by atoms with Gasteiger partial charge < -0.3 is 4.90 Å². The van der Waals surface area contributed by atoms with Gasteiger partial charge in [-0.2, -0.15) is 0 Å². The first-order valence-electron chi connectivity index (χ1n) is 19.3. The van der Waals surface area contributed by atoms with E-state index in [1.165, 1.54) is 55.5 Å². The number of para-hydroxylation sites is 2. The van der Waals surface area contributed by atoms with Crippen molar-refractivity contribution in [3.63, 3.8) is 0 Å². The Kier molecular flexibility index (Phi) is 7.59. The lowest BCUT2D eigenvalue weighted by Gasteiger charge is -2.31. The fourth-order valence-corrected chi connectivity index (χ4v) is 8.70. The molecule has 1 unspecified atom stereocenters. The molecule has 9 aromatic rings. The summed E-state index contributed by atoms with van der Waals surface area (Å²) in [5.41, 5.74) is 15.4. The number of anilines is 2. The fourth-order valence-electron chi connectivity index (χ4n) is 8.70. The van der Waals surface area contributed by atoms with Crippen LogP contribution in [0.3, 0.4) is 0 Å². The SMILES string of the molecule is C1=C(c2ccc3c(c2)c2ccccc2n3-c2cc(-c3ccccc3)nc(-c3ccccc3)n2)CC2C(=C1)c1ccccc1N2c1ccc(-c2ccccc2)cc1. The van der Waals surface area contributed by atoms with E-state index >= 15 is 0 Å². The molecule has 2 aliphatic rings. The summed E-state index contributed by atoms with van der Waals surface area (Å²) < 4.78 is 2.30. The van der Waals surface area contributed by atoms with Gasteiger partial charge in [-0.3, -0.25) is 4.57 Å². The van der Waals surface area contributed by atoms with E-state index in [9.17, 15) is 0 Å². The van der Waals surface area contributed by atoms with Crippen molar-refractivity contribution in [1.29, 1.82) is 0 Å². The Labute approximate surface area is 326 Å². The zero-order valence-corrected chi connectivity index (χ0v) is 30.6. The number of fused-ring (bicyclic) bond motifs is 6. The Hall–Kier alpha value is -7.30. The zero-order chi connectivity index (χ0) is 37.0. The molecule has 3 heterocycles. The van der Waals surface area contributed by atoms with Crippen molar-refractivity contribution in [2.75, 3.05) is 4.90 Å². The molecular weight excluding hydrogens is 681 g/mol. The van der Waals surface area contributed by atoms with E-state index < -0.39 is 0 Å². The molecule has 56 heavy (non-hydrogen) atoms. The van der Waals surface area contributed by atoms with Gasteiger partial charge in [-0.15, -0.1) is 0 Å². The molecule has 0 radical (unpaired) electrons. The molecule has 0 spiro atoms. The Bertz CT molecular complexity index is 2920. The van der Waals surface area contributed by atoms with Gasteiger partial charge in [0.05, 0.1) is 22.8 Å². The molecule has 1 atom stereocenters. The van der Waals surface area contributed by atoms with Crippen molar-refractivity contribution in [2.45, 2.75) is 12.5 Å². The summed E-state index contributed by atoms with van der Waals surface area (Å²) in [5.74, 6) is 1.55. The van der Waals surface area contributed by atoms with Crippen LogP contribution in [0.1, 0.15) is 17.5 Å². The van der Waals surface area contributed by atoms with Crippen LogP contribution < -0.4 is 4.90 Å². The number of nitrogens with zero attached hydrogens (tertiary/aromatic N) is 4.